The Morgan fingerprint density at radius 2 is 1.61 bits per heavy atom. The number of hydrogen-bond donors (Lipinski definition) is 2. The number of nitriles is 1. The van der Waals surface area contributed by atoms with E-state index in [9.17, 15) is 14.9 Å². The van der Waals surface area contributed by atoms with Gasteiger partial charge in [-0.05, 0) is 53.6 Å². The number of carbonyl (C=O) groups is 2. The van der Waals surface area contributed by atoms with Crippen molar-refractivity contribution in [1.82, 2.24) is 10.9 Å². The van der Waals surface area contributed by atoms with Gasteiger partial charge in [0.25, 0.3) is 11.8 Å². The number of nitrogens with one attached hydrogen (secondary N) is 2. The van der Waals surface area contributed by atoms with Crippen LogP contribution >= 0.6 is 11.6 Å². The predicted molar refractivity (Wildman–Crippen MR) is 118 cm³/mol. The molecule has 0 bridgehead atoms. The molecule has 0 saturated heterocycles. The molecule has 2 N–H and O–H groups in total. The van der Waals surface area contributed by atoms with Crippen molar-refractivity contribution in [2.24, 2.45) is 0 Å². The molecule has 3 rings (SSSR count). The van der Waals surface area contributed by atoms with Crippen LogP contribution in [0, 0.1) is 11.3 Å². The molecular formula is C24H18ClN3O3. The molecule has 3 aromatic carbocycles. The molecule has 0 aliphatic heterocycles. The van der Waals surface area contributed by atoms with Crippen molar-refractivity contribution < 1.29 is 14.3 Å². The van der Waals surface area contributed by atoms with E-state index in [4.69, 9.17) is 16.3 Å². The van der Waals surface area contributed by atoms with Gasteiger partial charge in [0.05, 0.1) is 0 Å². The van der Waals surface area contributed by atoms with Gasteiger partial charge in [-0.15, -0.1) is 0 Å². The highest BCUT2D eigenvalue weighted by Gasteiger charge is 2.11. The minimum Gasteiger partial charge on any atom is -0.489 e. The molecule has 31 heavy (non-hydrogen) atoms. The fourth-order valence-electron chi connectivity index (χ4n) is 2.57. The number of benzene rings is 3. The summed E-state index contributed by atoms with van der Waals surface area (Å²) in [7, 11) is 0. The van der Waals surface area contributed by atoms with E-state index in [1.54, 1.807) is 72.8 Å². The van der Waals surface area contributed by atoms with Crippen LogP contribution < -0.4 is 15.6 Å². The lowest BCUT2D eigenvalue weighted by Gasteiger charge is -2.09. The summed E-state index contributed by atoms with van der Waals surface area (Å²) in [5.41, 5.74) is 6.36. The van der Waals surface area contributed by atoms with Crippen molar-refractivity contribution in [3.05, 3.63) is 106 Å². The Labute approximate surface area is 184 Å². The van der Waals surface area contributed by atoms with Gasteiger partial charge in [-0.25, -0.2) is 0 Å². The Kier molecular flexibility index (Phi) is 7.41. The predicted octanol–water partition coefficient (Wildman–Crippen LogP) is 4.29. The van der Waals surface area contributed by atoms with Gasteiger partial charge in [0.1, 0.15) is 24.0 Å². The van der Waals surface area contributed by atoms with Crippen LogP contribution in [0.4, 0.5) is 0 Å². The van der Waals surface area contributed by atoms with Gasteiger partial charge in [-0.3, -0.25) is 20.4 Å². The van der Waals surface area contributed by atoms with Gasteiger partial charge in [0.2, 0.25) is 0 Å². The molecule has 154 valence electrons. The fourth-order valence-corrected chi connectivity index (χ4v) is 2.69. The summed E-state index contributed by atoms with van der Waals surface area (Å²) >= 11 is 5.84. The number of carbonyl (C=O) groups excluding carboxylic acids is 2. The molecule has 0 unspecified atom stereocenters. The number of ether oxygens (including phenoxy) is 1. The number of rotatable bonds is 6. The van der Waals surface area contributed by atoms with E-state index in [-0.39, 0.29) is 5.57 Å². The molecule has 7 heteroatoms. The Balaban J connectivity index is 1.53. The molecule has 0 fully saturated rings. The lowest BCUT2D eigenvalue weighted by atomic mass is 10.1. The van der Waals surface area contributed by atoms with Crippen LogP contribution in [0.3, 0.4) is 0 Å². The average Bonchev–Trinajstić information content (AvgIpc) is 2.81. The highest BCUT2D eigenvalue weighted by molar-refractivity contribution is 6.30. The lowest BCUT2D eigenvalue weighted by Crippen LogP contribution is -2.42. The zero-order chi connectivity index (χ0) is 22.1. The van der Waals surface area contributed by atoms with Crippen molar-refractivity contribution >= 4 is 29.5 Å². The summed E-state index contributed by atoms with van der Waals surface area (Å²) in [5.74, 6) is -0.519. The lowest BCUT2D eigenvalue weighted by molar-refractivity contribution is -0.117. The summed E-state index contributed by atoms with van der Waals surface area (Å²) in [6.45, 7) is 0.329. The molecular weight excluding hydrogens is 414 g/mol. The van der Waals surface area contributed by atoms with Crippen molar-refractivity contribution in [3.8, 4) is 11.8 Å². The minimum atomic E-state index is -0.701. The smallest absolute Gasteiger partial charge is 0.280 e. The minimum absolute atomic E-state index is 0.124. The van der Waals surface area contributed by atoms with Crippen LogP contribution in [0.25, 0.3) is 6.08 Å². The quantitative estimate of drug-likeness (QED) is 0.346. The second-order valence-electron chi connectivity index (χ2n) is 6.43. The third-order valence-electron chi connectivity index (χ3n) is 4.20. The number of nitrogens with zero attached hydrogens (tertiary/aromatic N) is 1. The van der Waals surface area contributed by atoms with Crippen molar-refractivity contribution in [2.45, 2.75) is 6.61 Å². The van der Waals surface area contributed by atoms with E-state index in [2.05, 4.69) is 10.9 Å². The average molecular weight is 432 g/mol. The third kappa shape index (κ3) is 6.46. The molecule has 0 radical (unpaired) electrons. The normalized spacial score (nSPS) is 10.6. The molecule has 0 heterocycles. The molecule has 0 saturated carbocycles. The first-order valence-corrected chi connectivity index (χ1v) is 9.68. The maximum absolute atomic E-state index is 12.3. The van der Waals surface area contributed by atoms with Crippen molar-refractivity contribution in [2.75, 3.05) is 0 Å². The fraction of sp³-hybridized carbons (Fsp3) is 0.0417. The molecule has 0 spiro atoms. The Hall–Kier alpha value is -4.08. The molecule has 0 aliphatic carbocycles. The monoisotopic (exact) mass is 431 g/mol. The summed E-state index contributed by atoms with van der Waals surface area (Å²) < 4.78 is 5.66. The summed E-state index contributed by atoms with van der Waals surface area (Å²) in [5, 5.41) is 9.84. The van der Waals surface area contributed by atoms with Crippen LogP contribution in [-0.2, 0) is 11.4 Å². The highest BCUT2D eigenvalue weighted by Crippen LogP contribution is 2.17. The Bertz CT molecular complexity index is 1120. The van der Waals surface area contributed by atoms with Crippen molar-refractivity contribution in [1.29, 1.82) is 5.26 Å². The molecule has 3 aromatic rings. The van der Waals surface area contributed by atoms with Crippen LogP contribution in [0.15, 0.2) is 84.4 Å². The zero-order valence-electron chi connectivity index (χ0n) is 16.3. The van der Waals surface area contributed by atoms with E-state index in [0.717, 1.165) is 5.56 Å². The number of halogens is 1. The van der Waals surface area contributed by atoms with Crippen LogP contribution in [-0.4, -0.2) is 11.8 Å². The topological polar surface area (TPSA) is 91.2 Å². The Morgan fingerprint density at radius 3 is 2.26 bits per heavy atom. The van der Waals surface area contributed by atoms with Crippen LogP contribution in [0.2, 0.25) is 5.02 Å². The van der Waals surface area contributed by atoms with Crippen LogP contribution in [0.5, 0.6) is 5.75 Å². The van der Waals surface area contributed by atoms with Crippen LogP contribution in [0.1, 0.15) is 21.5 Å². The molecule has 6 nitrogen and oxygen atoms in total. The Morgan fingerprint density at radius 1 is 0.935 bits per heavy atom. The summed E-state index contributed by atoms with van der Waals surface area (Å²) in [6, 6.07) is 24.6. The summed E-state index contributed by atoms with van der Waals surface area (Å²) in [4.78, 5) is 24.4. The number of amides is 2. The number of hydrogen-bond acceptors (Lipinski definition) is 4. The maximum atomic E-state index is 12.3. The van der Waals surface area contributed by atoms with Gasteiger partial charge in [0.15, 0.2) is 0 Å². The van der Waals surface area contributed by atoms with Gasteiger partial charge in [0, 0.05) is 10.6 Å². The first-order valence-electron chi connectivity index (χ1n) is 9.30. The SMILES string of the molecule is N#CC(=Cc1ccccc1)C(=O)NNC(=O)c1ccc(COc2ccc(Cl)cc2)cc1. The van der Waals surface area contributed by atoms with E-state index in [1.807, 2.05) is 12.1 Å². The zero-order valence-corrected chi connectivity index (χ0v) is 17.1. The van der Waals surface area contributed by atoms with Gasteiger partial charge in [-0.2, -0.15) is 5.26 Å². The second kappa shape index (κ2) is 10.6. The van der Waals surface area contributed by atoms with E-state index in [1.165, 1.54) is 6.08 Å². The van der Waals surface area contributed by atoms with E-state index < -0.39 is 11.8 Å². The number of hydrazine groups is 1. The molecule has 0 aliphatic rings. The van der Waals surface area contributed by atoms with Crippen molar-refractivity contribution in [3.63, 3.8) is 0 Å². The van der Waals surface area contributed by atoms with E-state index in [0.29, 0.717) is 28.5 Å². The van der Waals surface area contributed by atoms with E-state index >= 15 is 0 Å². The van der Waals surface area contributed by atoms with Gasteiger partial charge >= 0.3 is 0 Å². The second-order valence-corrected chi connectivity index (χ2v) is 6.86. The van der Waals surface area contributed by atoms with Gasteiger partial charge in [-0.1, -0.05) is 54.1 Å². The standard InChI is InChI=1S/C24H18ClN3O3/c25-21-10-12-22(13-11-21)31-16-18-6-8-19(9-7-18)23(29)27-28-24(30)20(15-26)14-17-4-2-1-3-5-17/h1-14H,16H2,(H,27,29)(H,28,30). The maximum Gasteiger partial charge on any atom is 0.280 e. The molecule has 2 amide bonds. The molecule has 0 aromatic heterocycles. The highest BCUT2D eigenvalue weighted by atomic mass is 35.5. The first-order chi connectivity index (χ1) is 15.0. The third-order valence-corrected chi connectivity index (χ3v) is 4.45. The largest absolute Gasteiger partial charge is 0.489 e. The summed E-state index contributed by atoms with van der Waals surface area (Å²) in [6.07, 6.45) is 1.44. The molecule has 0 atom stereocenters. The first kappa shape index (κ1) is 21.6. The van der Waals surface area contributed by atoms with Gasteiger partial charge < -0.3 is 4.74 Å².